The predicted molar refractivity (Wildman–Crippen MR) is 115 cm³/mol. The number of fused-ring (bicyclic) bond motifs is 2. The van der Waals surface area contributed by atoms with Crippen molar-refractivity contribution in [1.82, 2.24) is 4.57 Å². The van der Waals surface area contributed by atoms with Gasteiger partial charge in [0.1, 0.15) is 1.55 Å². The highest BCUT2D eigenvalue weighted by atomic mass is 127. The van der Waals surface area contributed by atoms with Crippen LogP contribution >= 0.6 is 45.2 Å². The lowest BCUT2D eigenvalue weighted by atomic mass is 10.1. The number of carbonyl (C=O) groups excluding carboxylic acids is 1. The Labute approximate surface area is 167 Å². The molecule has 0 bridgehead atoms. The molecule has 24 heavy (non-hydrogen) atoms. The van der Waals surface area contributed by atoms with Crippen LogP contribution in [0.15, 0.2) is 48.7 Å². The highest BCUT2D eigenvalue weighted by Crippen LogP contribution is 2.38. The molecule has 0 radical (unpaired) electrons. The summed E-state index contributed by atoms with van der Waals surface area (Å²) in [7, 11) is 0. The molecule has 2 aromatic carbocycles. The van der Waals surface area contributed by atoms with E-state index in [1.807, 2.05) is 23.1 Å². The Balaban J connectivity index is 1.75. The van der Waals surface area contributed by atoms with Crippen molar-refractivity contribution in [3.63, 3.8) is 0 Å². The second kappa shape index (κ2) is 5.62. The van der Waals surface area contributed by atoms with Gasteiger partial charge in [0.25, 0.3) is 5.91 Å². The lowest BCUT2D eigenvalue weighted by Crippen LogP contribution is -2.22. The normalized spacial score (nSPS) is 14.5. The summed E-state index contributed by atoms with van der Waals surface area (Å²) in [6.07, 6.45) is 2.09. The van der Waals surface area contributed by atoms with Gasteiger partial charge in [0.05, 0.1) is 6.54 Å². The molecule has 1 amide bonds. The van der Waals surface area contributed by atoms with Gasteiger partial charge in [0.15, 0.2) is 0 Å². The third-order valence-corrected chi connectivity index (χ3v) is 5.39. The first-order valence-corrected chi connectivity index (χ1v) is 9.70. The van der Waals surface area contributed by atoms with Gasteiger partial charge in [-0.2, -0.15) is 0 Å². The van der Waals surface area contributed by atoms with Crippen molar-refractivity contribution in [2.45, 2.75) is 15.0 Å². The predicted octanol–water partition coefficient (Wildman–Crippen LogP) is 4.88. The first-order chi connectivity index (χ1) is 11.3. The number of hydrogen-bond acceptors (Lipinski definition) is 2. The van der Waals surface area contributed by atoms with Crippen LogP contribution in [-0.4, -0.2) is 10.5 Å². The summed E-state index contributed by atoms with van der Waals surface area (Å²) in [5, 5.41) is 1.13. The van der Waals surface area contributed by atoms with Crippen LogP contribution in [0, 0.1) is 0 Å². The van der Waals surface area contributed by atoms with E-state index < -0.39 is 0 Å². The third kappa shape index (κ3) is 2.59. The average molecular weight is 543 g/mol. The molecule has 0 aliphatic carbocycles. The Morgan fingerprint density at radius 3 is 2.67 bits per heavy atom. The minimum absolute atomic E-state index is 0.0173. The van der Waals surface area contributed by atoms with Crippen molar-refractivity contribution in [1.29, 1.82) is 0 Å². The van der Waals surface area contributed by atoms with E-state index in [0.717, 1.165) is 16.6 Å². The van der Waals surface area contributed by atoms with Gasteiger partial charge in [0.2, 0.25) is 0 Å². The zero-order chi connectivity index (χ0) is 17.1. The first kappa shape index (κ1) is 16.2. The van der Waals surface area contributed by atoms with Crippen LogP contribution in [0.25, 0.3) is 10.9 Å². The van der Waals surface area contributed by atoms with Crippen LogP contribution in [-0.2, 0) is 8.10 Å². The van der Waals surface area contributed by atoms with E-state index in [1.54, 1.807) is 6.07 Å². The molecule has 122 valence electrons. The Bertz CT molecular complexity index is 972. The Morgan fingerprint density at radius 1 is 1.12 bits per heavy atom. The number of benzene rings is 2. The van der Waals surface area contributed by atoms with E-state index in [1.165, 1.54) is 5.52 Å². The van der Waals surface area contributed by atoms with Crippen molar-refractivity contribution in [2.75, 3.05) is 10.6 Å². The van der Waals surface area contributed by atoms with E-state index in [9.17, 15) is 4.79 Å². The summed E-state index contributed by atoms with van der Waals surface area (Å²) in [6.45, 7) is 2.75. The van der Waals surface area contributed by atoms with Crippen LogP contribution < -0.4 is 10.6 Å². The van der Waals surface area contributed by atoms with Crippen molar-refractivity contribution in [2.24, 2.45) is 0 Å². The van der Waals surface area contributed by atoms with E-state index in [0.29, 0.717) is 17.8 Å². The molecule has 6 heteroatoms. The van der Waals surface area contributed by atoms with E-state index in [4.69, 9.17) is 5.73 Å². The van der Waals surface area contributed by atoms with Gasteiger partial charge in [-0.05, 0) is 94.1 Å². The quantitative estimate of drug-likeness (QED) is 0.285. The highest BCUT2D eigenvalue weighted by Gasteiger charge is 2.29. The topological polar surface area (TPSA) is 51.3 Å². The number of alkyl halides is 2. The van der Waals surface area contributed by atoms with Gasteiger partial charge in [-0.15, -0.1) is 0 Å². The van der Waals surface area contributed by atoms with Crippen LogP contribution in [0.4, 0.5) is 11.4 Å². The standard InChI is InChI=1S/C18H15I2N3O/c1-18(19,20)23-7-6-11-8-14(4-5-16(11)23)22-10-12-2-3-13(21)9-15(12)17(22)24/h2-9H,10,21H2,1H3. The van der Waals surface area contributed by atoms with Gasteiger partial charge in [-0.1, -0.05) is 6.07 Å². The Hall–Kier alpha value is -1.29. The number of rotatable bonds is 2. The molecule has 0 fully saturated rings. The largest absolute Gasteiger partial charge is 0.399 e. The summed E-state index contributed by atoms with van der Waals surface area (Å²) in [6, 6.07) is 13.8. The fraction of sp³-hybridized carbons (Fsp3) is 0.167. The number of nitrogen functional groups attached to an aromatic ring is 1. The van der Waals surface area contributed by atoms with Crippen molar-refractivity contribution >= 4 is 73.4 Å². The maximum absolute atomic E-state index is 12.7. The monoisotopic (exact) mass is 543 g/mol. The smallest absolute Gasteiger partial charge is 0.259 e. The molecular weight excluding hydrogens is 528 g/mol. The first-order valence-electron chi connectivity index (χ1n) is 7.54. The van der Waals surface area contributed by atoms with Gasteiger partial charge < -0.3 is 15.2 Å². The SMILES string of the molecule is CC(I)(I)n1ccc2cc(N3Cc4ccc(N)cc4C3=O)ccc21. The fourth-order valence-electron chi connectivity index (χ4n) is 3.17. The van der Waals surface area contributed by atoms with E-state index in [-0.39, 0.29) is 7.46 Å². The summed E-state index contributed by atoms with van der Waals surface area (Å²) >= 11 is 4.83. The molecule has 2 N–H and O–H groups in total. The minimum Gasteiger partial charge on any atom is -0.399 e. The minimum atomic E-state index is -0.0317. The molecule has 1 aliphatic rings. The van der Waals surface area contributed by atoms with Crippen molar-refractivity contribution in [3.8, 4) is 0 Å². The van der Waals surface area contributed by atoms with Gasteiger partial charge in [0, 0.05) is 34.0 Å². The number of halogens is 2. The Kier molecular flexibility index (Phi) is 3.79. The molecule has 1 aromatic heterocycles. The molecule has 0 saturated heterocycles. The summed E-state index contributed by atoms with van der Waals surface area (Å²) < 4.78 is 2.20. The fourth-order valence-corrected chi connectivity index (χ4v) is 4.01. The third-order valence-electron chi connectivity index (χ3n) is 4.35. The number of nitrogens with two attached hydrogens (primary N) is 1. The van der Waals surface area contributed by atoms with Crippen molar-refractivity contribution in [3.05, 3.63) is 59.8 Å². The average Bonchev–Trinajstić information content (AvgIpc) is 3.08. The lowest BCUT2D eigenvalue weighted by Gasteiger charge is -2.19. The number of anilines is 2. The van der Waals surface area contributed by atoms with Crippen LogP contribution in [0.2, 0.25) is 0 Å². The molecule has 3 aromatic rings. The number of nitrogens with zero attached hydrogens (tertiary/aromatic N) is 2. The molecule has 1 aliphatic heterocycles. The molecule has 4 rings (SSSR count). The summed E-state index contributed by atoms with van der Waals surface area (Å²) in [5.74, 6) is 0.0173. The molecule has 0 spiro atoms. The zero-order valence-corrected chi connectivity index (χ0v) is 17.3. The van der Waals surface area contributed by atoms with Crippen LogP contribution in [0.1, 0.15) is 22.8 Å². The number of aromatic nitrogens is 1. The number of amides is 1. The zero-order valence-electron chi connectivity index (χ0n) is 13.0. The van der Waals surface area contributed by atoms with E-state index >= 15 is 0 Å². The van der Waals surface area contributed by atoms with E-state index in [2.05, 4.69) is 81.1 Å². The highest BCUT2D eigenvalue weighted by molar-refractivity contribution is 14.2. The van der Waals surface area contributed by atoms with Gasteiger partial charge >= 0.3 is 0 Å². The van der Waals surface area contributed by atoms with Gasteiger partial charge in [-0.25, -0.2) is 0 Å². The number of carbonyl (C=O) groups is 1. The second-order valence-corrected chi connectivity index (χ2v) is 12.3. The maximum atomic E-state index is 12.7. The molecule has 0 saturated carbocycles. The lowest BCUT2D eigenvalue weighted by molar-refractivity contribution is 0.0996. The second-order valence-electron chi connectivity index (χ2n) is 6.08. The Morgan fingerprint density at radius 2 is 1.92 bits per heavy atom. The maximum Gasteiger partial charge on any atom is 0.259 e. The van der Waals surface area contributed by atoms with Crippen LogP contribution in [0.3, 0.4) is 0 Å². The summed E-state index contributed by atoms with van der Waals surface area (Å²) in [4.78, 5) is 14.5. The molecule has 0 unspecified atom stereocenters. The van der Waals surface area contributed by atoms with Gasteiger partial charge in [-0.3, -0.25) is 4.79 Å². The molecule has 2 heterocycles. The summed E-state index contributed by atoms with van der Waals surface area (Å²) in [5.41, 5.74) is 10.3. The number of hydrogen-bond donors (Lipinski definition) is 1. The van der Waals surface area contributed by atoms with Crippen LogP contribution in [0.5, 0.6) is 0 Å². The van der Waals surface area contributed by atoms with Crippen molar-refractivity contribution < 1.29 is 4.79 Å². The molecule has 0 atom stereocenters. The molecule has 4 nitrogen and oxygen atoms in total. The molecular formula is C18H15I2N3O.